The number of ether oxygens (including phenoxy) is 1. The number of amides is 1. The van der Waals surface area contributed by atoms with E-state index >= 15 is 0 Å². The Labute approximate surface area is 220 Å². The standard InChI is InChI=1S/C27H36ClN3O4S/c1-3-29-15-16-30(21(2)18-29)27(32)35-20-25-12-9-23(17-22-7-5-4-6-8-22)19-31(25)36(33,34)26-13-10-24(28)11-14-26/h4-8,10-11,13-14,21,23,25H,3,9,12,15-20H2,1-2H3/t21-,23-,25+/m0/s1. The molecule has 196 valence electrons. The van der Waals surface area contributed by atoms with Crippen molar-refractivity contribution in [2.24, 2.45) is 5.92 Å². The van der Waals surface area contributed by atoms with Gasteiger partial charge in [-0.15, -0.1) is 0 Å². The molecule has 0 N–H and O–H groups in total. The topological polar surface area (TPSA) is 70.2 Å². The van der Waals surface area contributed by atoms with Gasteiger partial charge in [-0.25, -0.2) is 13.2 Å². The van der Waals surface area contributed by atoms with E-state index in [4.69, 9.17) is 16.3 Å². The van der Waals surface area contributed by atoms with Gasteiger partial charge in [0.1, 0.15) is 6.61 Å². The fraction of sp³-hybridized carbons (Fsp3) is 0.519. The van der Waals surface area contributed by atoms with Crippen LogP contribution in [0.25, 0.3) is 0 Å². The van der Waals surface area contributed by atoms with Gasteiger partial charge in [0, 0.05) is 37.2 Å². The monoisotopic (exact) mass is 533 g/mol. The smallest absolute Gasteiger partial charge is 0.410 e. The highest BCUT2D eigenvalue weighted by molar-refractivity contribution is 7.89. The molecule has 9 heteroatoms. The summed E-state index contributed by atoms with van der Waals surface area (Å²) < 4.78 is 34.7. The number of hydrogen-bond acceptors (Lipinski definition) is 5. The molecule has 4 rings (SSSR count). The molecular formula is C27H36ClN3O4S. The van der Waals surface area contributed by atoms with E-state index in [0.717, 1.165) is 32.5 Å². The predicted octanol–water partition coefficient (Wildman–Crippen LogP) is 4.51. The second kappa shape index (κ2) is 11.9. The van der Waals surface area contributed by atoms with Crippen LogP contribution in [0.1, 0.15) is 32.3 Å². The van der Waals surface area contributed by atoms with E-state index in [1.165, 1.54) is 17.7 Å². The van der Waals surface area contributed by atoms with Crippen molar-refractivity contribution in [1.29, 1.82) is 0 Å². The Kier molecular flexibility index (Phi) is 8.93. The van der Waals surface area contributed by atoms with Crippen molar-refractivity contribution in [3.05, 3.63) is 65.2 Å². The van der Waals surface area contributed by atoms with Crippen LogP contribution in [-0.2, 0) is 21.2 Å². The van der Waals surface area contributed by atoms with Crippen molar-refractivity contribution in [3.8, 4) is 0 Å². The van der Waals surface area contributed by atoms with Gasteiger partial charge in [0.05, 0.1) is 10.9 Å². The molecule has 0 unspecified atom stereocenters. The lowest BCUT2D eigenvalue weighted by Gasteiger charge is -2.40. The van der Waals surface area contributed by atoms with E-state index < -0.39 is 16.1 Å². The third-order valence-electron chi connectivity index (χ3n) is 7.33. The number of halogens is 1. The summed E-state index contributed by atoms with van der Waals surface area (Å²) in [6, 6.07) is 16.0. The number of carbonyl (C=O) groups excluding carboxylic acids is 1. The lowest BCUT2D eigenvalue weighted by molar-refractivity contribution is 0.0360. The van der Waals surface area contributed by atoms with Gasteiger partial charge in [0.25, 0.3) is 0 Å². The highest BCUT2D eigenvalue weighted by atomic mass is 35.5. The summed E-state index contributed by atoms with van der Waals surface area (Å²) in [6.07, 6.45) is 1.94. The molecule has 0 spiro atoms. The van der Waals surface area contributed by atoms with Crippen molar-refractivity contribution in [2.75, 3.05) is 39.3 Å². The Morgan fingerprint density at radius 1 is 1.03 bits per heavy atom. The number of benzene rings is 2. The maximum Gasteiger partial charge on any atom is 0.410 e. The molecule has 36 heavy (non-hydrogen) atoms. The van der Waals surface area contributed by atoms with E-state index in [-0.39, 0.29) is 29.6 Å². The predicted molar refractivity (Wildman–Crippen MR) is 142 cm³/mol. The van der Waals surface area contributed by atoms with Gasteiger partial charge < -0.3 is 9.64 Å². The molecule has 1 amide bonds. The summed E-state index contributed by atoms with van der Waals surface area (Å²) >= 11 is 6.00. The fourth-order valence-electron chi connectivity index (χ4n) is 5.23. The van der Waals surface area contributed by atoms with E-state index in [1.807, 2.05) is 25.1 Å². The second-order valence-corrected chi connectivity index (χ2v) is 12.2. The number of rotatable bonds is 7. The molecule has 3 atom stereocenters. The maximum atomic E-state index is 13.7. The first-order valence-electron chi connectivity index (χ1n) is 12.7. The Bertz CT molecular complexity index is 1110. The molecule has 0 bridgehead atoms. The molecule has 2 heterocycles. The molecule has 0 aliphatic carbocycles. The van der Waals surface area contributed by atoms with Crippen LogP contribution in [0.4, 0.5) is 4.79 Å². The summed E-state index contributed by atoms with van der Waals surface area (Å²) in [4.78, 5) is 17.2. The van der Waals surface area contributed by atoms with Gasteiger partial charge >= 0.3 is 6.09 Å². The van der Waals surface area contributed by atoms with Crippen molar-refractivity contribution in [2.45, 2.75) is 50.1 Å². The first-order valence-corrected chi connectivity index (χ1v) is 14.6. The zero-order valence-electron chi connectivity index (χ0n) is 21.1. The normalized spacial score (nSPS) is 24.0. The quantitative estimate of drug-likeness (QED) is 0.523. The van der Waals surface area contributed by atoms with Crippen LogP contribution in [0.5, 0.6) is 0 Å². The largest absolute Gasteiger partial charge is 0.448 e. The van der Waals surface area contributed by atoms with Gasteiger partial charge in [0.2, 0.25) is 10.0 Å². The minimum absolute atomic E-state index is 0.0461. The fourth-order valence-corrected chi connectivity index (χ4v) is 7.07. The maximum absolute atomic E-state index is 13.7. The van der Waals surface area contributed by atoms with Gasteiger partial charge in [0.15, 0.2) is 0 Å². The van der Waals surface area contributed by atoms with Crippen molar-refractivity contribution < 1.29 is 17.9 Å². The molecule has 2 fully saturated rings. The summed E-state index contributed by atoms with van der Waals surface area (Å²) in [5.74, 6) is 0.184. The molecule has 0 radical (unpaired) electrons. The number of likely N-dealkylation sites (N-methyl/N-ethyl adjacent to an activating group) is 1. The SMILES string of the molecule is CCN1CCN(C(=O)OC[C@H]2CC[C@@H](Cc3ccccc3)CN2S(=O)(=O)c2ccc(Cl)cc2)[C@@H](C)C1. The highest BCUT2D eigenvalue weighted by Crippen LogP contribution is 2.31. The molecule has 2 aromatic rings. The molecule has 0 saturated carbocycles. The van der Waals surface area contributed by atoms with Crippen LogP contribution in [0, 0.1) is 5.92 Å². The highest BCUT2D eigenvalue weighted by Gasteiger charge is 2.38. The van der Waals surface area contributed by atoms with Crippen molar-refractivity contribution in [1.82, 2.24) is 14.1 Å². The lowest BCUT2D eigenvalue weighted by atomic mass is 9.89. The average Bonchev–Trinajstić information content (AvgIpc) is 2.88. The number of sulfonamides is 1. The number of piperidine rings is 1. The van der Waals surface area contributed by atoms with Crippen LogP contribution in [0.2, 0.25) is 5.02 Å². The molecule has 2 saturated heterocycles. The van der Waals surface area contributed by atoms with Gasteiger partial charge in [-0.2, -0.15) is 4.31 Å². The zero-order valence-corrected chi connectivity index (χ0v) is 22.6. The summed E-state index contributed by atoms with van der Waals surface area (Å²) in [5, 5.41) is 0.484. The number of nitrogens with zero attached hydrogens (tertiary/aromatic N) is 3. The first-order chi connectivity index (χ1) is 17.3. The summed E-state index contributed by atoms with van der Waals surface area (Å²) in [6.45, 7) is 7.77. The summed E-state index contributed by atoms with van der Waals surface area (Å²) in [5.41, 5.74) is 1.19. The molecule has 7 nitrogen and oxygen atoms in total. The zero-order chi connectivity index (χ0) is 25.7. The molecule has 2 aliphatic rings. The average molecular weight is 534 g/mol. The Morgan fingerprint density at radius 2 is 1.75 bits per heavy atom. The molecular weight excluding hydrogens is 498 g/mol. The molecule has 0 aromatic heterocycles. The van der Waals surface area contributed by atoms with E-state index in [0.29, 0.717) is 24.5 Å². The van der Waals surface area contributed by atoms with E-state index in [2.05, 4.69) is 24.0 Å². The van der Waals surface area contributed by atoms with E-state index in [9.17, 15) is 13.2 Å². The Hall–Kier alpha value is -2.13. The van der Waals surface area contributed by atoms with Crippen LogP contribution in [-0.4, -0.2) is 80.0 Å². The lowest BCUT2D eigenvalue weighted by Crippen LogP contribution is -2.55. The number of piperazine rings is 1. The Balaban J connectivity index is 1.48. The minimum Gasteiger partial charge on any atom is -0.448 e. The minimum atomic E-state index is -3.78. The van der Waals surface area contributed by atoms with Crippen molar-refractivity contribution >= 4 is 27.7 Å². The molecule has 2 aromatic carbocycles. The second-order valence-electron chi connectivity index (χ2n) is 9.83. The van der Waals surface area contributed by atoms with Crippen LogP contribution >= 0.6 is 11.6 Å². The number of hydrogen-bond donors (Lipinski definition) is 0. The van der Waals surface area contributed by atoms with Crippen LogP contribution in [0.15, 0.2) is 59.5 Å². The van der Waals surface area contributed by atoms with Gasteiger partial charge in [-0.05, 0) is 68.5 Å². The molecule has 2 aliphatic heterocycles. The number of carbonyl (C=O) groups is 1. The van der Waals surface area contributed by atoms with Gasteiger partial charge in [-0.3, -0.25) is 4.90 Å². The summed E-state index contributed by atoms with van der Waals surface area (Å²) in [7, 11) is -3.78. The first kappa shape index (κ1) is 26.9. The van der Waals surface area contributed by atoms with Crippen LogP contribution < -0.4 is 0 Å². The third-order valence-corrected chi connectivity index (χ3v) is 9.52. The van der Waals surface area contributed by atoms with Crippen LogP contribution in [0.3, 0.4) is 0 Å². The Morgan fingerprint density at radius 3 is 2.42 bits per heavy atom. The van der Waals surface area contributed by atoms with Gasteiger partial charge in [-0.1, -0.05) is 48.9 Å². The third kappa shape index (κ3) is 6.40. The van der Waals surface area contributed by atoms with Crippen molar-refractivity contribution in [3.63, 3.8) is 0 Å². The van der Waals surface area contributed by atoms with E-state index in [1.54, 1.807) is 21.3 Å².